The smallest absolute Gasteiger partial charge is 0.224 e. The maximum Gasteiger partial charge on any atom is 0.224 e. The Morgan fingerprint density at radius 1 is 1.17 bits per heavy atom. The fraction of sp³-hybridized carbons (Fsp3) is 0.222. The molecule has 6 heteroatoms. The Morgan fingerprint density at radius 3 is 2.54 bits per heavy atom. The average Bonchev–Trinajstić information content (AvgIpc) is 2.57. The third kappa shape index (κ3) is 4.39. The second-order valence-electron chi connectivity index (χ2n) is 5.23. The zero-order valence-electron chi connectivity index (χ0n) is 13.3. The first-order chi connectivity index (χ1) is 11.5. The van der Waals surface area contributed by atoms with E-state index in [1.54, 1.807) is 25.3 Å². The zero-order valence-corrected chi connectivity index (χ0v) is 13.3. The Hall–Kier alpha value is -2.73. The van der Waals surface area contributed by atoms with Crippen LogP contribution >= 0.6 is 0 Å². The molecule has 0 heterocycles. The first kappa shape index (κ1) is 17.6. The molecule has 0 atom stereocenters. The molecular weight excluding hydrogens is 311 g/mol. The number of para-hydroxylation sites is 1. The van der Waals surface area contributed by atoms with Gasteiger partial charge in [0.15, 0.2) is 5.78 Å². The summed E-state index contributed by atoms with van der Waals surface area (Å²) in [5.41, 5.74) is 7.51. The van der Waals surface area contributed by atoms with Crippen molar-refractivity contribution in [2.45, 2.75) is 6.42 Å². The van der Waals surface area contributed by atoms with Crippen LogP contribution in [0.2, 0.25) is 0 Å². The van der Waals surface area contributed by atoms with E-state index < -0.39 is 5.82 Å². The highest BCUT2D eigenvalue weighted by atomic mass is 19.1. The molecule has 0 fully saturated rings. The minimum atomic E-state index is -0.416. The van der Waals surface area contributed by atoms with Crippen molar-refractivity contribution in [1.82, 2.24) is 5.32 Å². The Morgan fingerprint density at radius 2 is 1.88 bits per heavy atom. The van der Waals surface area contributed by atoms with Crippen molar-refractivity contribution in [1.29, 1.82) is 0 Å². The number of nitrogen functional groups attached to an aromatic ring is 1. The van der Waals surface area contributed by atoms with Crippen LogP contribution in [-0.4, -0.2) is 32.0 Å². The van der Waals surface area contributed by atoms with Crippen LogP contribution in [0.3, 0.4) is 0 Å². The Balaban J connectivity index is 2.16. The fourth-order valence-electron chi connectivity index (χ4n) is 2.25. The second-order valence-corrected chi connectivity index (χ2v) is 5.23. The summed E-state index contributed by atoms with van der Waals surface area (Å²) in [7, 11) is 1.55. The van der Waals surface area contributed by atoms with E-state index in [0.29, 0.717) is 29.8 Å². The van der Waals surface area contributed by atoms with Crippen LogP contribution in [0.15, 0.2) is 42.5 Å². The average molecular weight is 330 g/mol. The second kappa shape index (κ2) is 8.21. The van der Waals surface area contributed by atoms with Crippen LogP contribution < -0.4 is 11.1 Å². The van der Waals surface area contributed by atoms with Crippen molar-refractivity contribution in [3.8, 4) is 0 Å². The number of methoxy groups -OCH3 is 1. The van der Waals surface area contributed by atoms with E-state index in [2.05, 4.69) is 5.32 Å². The molecular formula is C18H19FN2O3. The molecule has 126 valence electrons. The predicted octanol–water partition coefficient (Wildman–Crippen LogP) is 1.94. The van der Waals surface area contributed by atoms with Crippen LogP contribution in [-0.2, 0) is 16.0 Å². The third-order valence-corrected chi connectivity index (χ3v) is 3.53. The highest BCUT2D eigenvalue weighted by Gasteiger charge is 2.16. The molecule has 2 rings (SSSR count). The van der Waals surface area contributed by atoms with Crippen molar-refractivity contribution in [3.05, 3.63) is 65.0 Å². The first-order valence-electron chi connectivity index (χ1n) is 7.46. The molecule has 0 spiro atoms. The summed E-state index contributed by atoms with van der Waals surface area (Å²) in [6.45, 7) is 0.827. The summed E-state index contributed by atoms with van der Waals surface area (Å²) < 4.78 is 17.8. The largest absolute Gasteiger partial charge is 0.398 e. The number of anilines is 1. The lowest BCUT2D eigenvalue weighted by Crippen LogP contribution is -2.28. The van der Waals surface area contributed by atoms with Crippen LogP contribution in [0, 0.1) is 5.82 Å². The first-order valence-corrected chi connectivity index (χ1v) is 7.46. The number of carbonyl (C=O) groups is 2. The lowest BCUT2D eigenvalue weighted by molar-refractivity contribution is -0.120. The number of ether oxygens (including phenoxy) is 1. The van der Waals surface area contributed by atoms with Crippen molar-refractivity contribution in [2.24, 2.45) is 0 Å². The SMILES string of the molecule is COCCNC(=O)Cc1cccc(C(=O)c2ccc(F)cc2)c1N. The summed E-state index contributed by atoms with van der Waals surface area (Å²) in [6, 6.07) is 10.2. The number of hydrogen-bond acceptors (Lipinski definition) is 4. The van der Waals surface area contributed by atoms with E-state index >= 15 is 0 Å². The predicted molar refractivity (Wildman–Crippen MR) is 89.3 cm³/mol. The van der Waals surface area contributed by atoms with E-state index in [1.807, 2.05) is 0 Å². The molecule has 0 unspecified atom stereocenters. The maximum atomic E-state index is 13.0. The van der Waals surface area contributed by atoms with Gasteiger partial charge >= 0.3 is 0 Å². The quantitative estimate of drug-likeness (QED) is 0.462. The summed E-state index contributed by atoms with van der Waals surface area (Å²) in [5, 5.41) is 2.70. The maximum absolute atomic E-state index is 13.0. The summed E-state index contributed by atoms with van der Waals surface area (Å²) in [4.78, 5) is 24.4. The van der Waals surface area contributed by atoms with E-state index in [9.17, 15) is 14.0 Å². The lowest BCUT2D eigenvalue weighted by atomic mass is 9.97. The number of ketones is 1. The normalized spacial score (nSPS) is 10.4. The molecule has 2 aromatic rings. The molecule has 24 heavy (non-hydrogen) atoms. The molecule has 2 aromatic carbocycles. The number of rotatable bonds is 7. The van der Waals surface area contributed by atoms with Gasteiger partial charge in [-0.3, -0.25) is 9.59 Å². The van der Waals surface area contributed by atoms with Crippen molar-refractivity contribution >= 4 is 17.4 Å². The van der Waals surface area contributed by atoms with Gasteiger partial charge < -0.3 is 15.8 Å². The highest BCUT2D eigenvalue weighted by molar-refractivity contribution is 6.12. The molecule has 3 N–H and O–H groups in total. The number of carbonyl (C=O) groups excluding carboxylic acids is 2. The van der Waals surface area contributed by atoms with Gasteiger partial charge in [0.05, 0.1) is 13.0 Å². The summed E-state index contributed by atoms with van der Waals surface area (Å²) >= 11 is 0. The van der Waals surface area contributed by atoms with Gasteiger partial charge in [-0.1, -0.05) is 12.1 Å². The van der Waals surface area contributed by atoms with Gasteiger partial charge in [-0.2, -0.15) is 0 Å². The summed E-state index contributed by atoms with van der Waals surface area (Å²) in [5.74, 6) is -0.930. The van der Waals surface area contributed by atoms with E-state index in [1.165, 1.54) is 24.3 Å². The highest BCUT2D eigenvalue weighted by Crippen LogP contribution is 2.21. The number of hydrogen-bond donors (Lipinski definition) is 2. The van der Waals surface area contributed by atoms with Gasteiger partial charge in [-0.15, -0.1) is 0 Å². The number of benzene rings is 2. The van der Waals surface area contributed by atoms with Crippen LogP contribution in [0.4, 0.5) is 10.1 Å². The summed E-state index contributed by atoms with van der Waals surface area (Å²) in [6.07, 6.45) is 0.0695. The molecule has 0 aliphatic carbocycles. The van der Waals surface area contributed by atoms with Crippen LogP contribution in [0.25, 0.3) is 0 Å². The van der Waals surface area contributed by atoms with Gasteiger partial charge in [-0.05, 0) is 35.9 Å². The molecule has 0 aliphatic heterocycles. The number of nitrogens with two attached hydrogens (primary N) is 1. The Labute approximate surface area is 139 Å². The van der Waals surface area contributed by atoms with Crippen molar-refractivity contribution in [3.63, 3.8) is 0 Å². The molecule has 5 nitrogen and oxygen atoms in total. The van der Waals surface area contributed by atoms with Gasteiger partial charge in [0, 0.05) is 30.5 Å². The number of amides is 1. The molecule has 0 saturated heterocycles. The lowest BCUT2D eigenvalue weighted by Gasteiger charge is -2.11. The van der Waals surface area contributed by atoms with Gasteiger partial charge in [0.25, 0.3) is 0 Å². The molecule has 0 saturated carbocycles. The topological polar surface area (TPSA) is 81.4 Å². The van der Waals surface area contributed by atoms with E-state index in [4.69, 9.17) is 10.5 Å². The third-order valence-electron chi connectivity index (χ3n) is 3.53. The minimum absolute atomic E-state index is 0.0695. The van der Waals surface area contributed by atoms with E-state index in [-0.39, 0.29) is 23.8 Å². The van der Waals surface area contributed by atoms with Crippen molar-refractivity contribution < 1.29 is 18.7 Å². The Kier molecular flexibility index (Phi) is 6.03. The molecule has 0 radical (unpaired) electrons. The van der Waals surface area contributed by atoms with Crippen LogP contribution in [0.1, 0.15) is 21.5 Å². The number of nitrogens with one attached hydrogen (secondary N) is 1. The standard InChI is InChI=1S/C18H19FN2O3/c1-24-10-9-21-16(22)11-13-3-2-4-15(17(13)20)18(23)12-5-7-14(19)8-6-12/h2-8H,9-11,20H2,1H3,(H,21,22). The number of halogens is 1. The van der Waals surface area contributed by atoms with Crippen molar-refractivity contribution in [2.75, 3.05) is 26.0 Å². The fourth-order valence-corrected chi connectivity index (χ4v) is 2.25. The minimum Gasteiger partial charge on any atom is -0.398 e. The molecule has 1 amide bonds. The van der Waals surface area contributed by atoms with Gasteiger partial charge in [0.1, 0.15) is 5.82 Å². The monoisotopic (exact) mass is 330 g/mol. The molecule has 0 bridgehead atoms. The van der Waals surface area contributed by atoms with Gasteiger partial charge in [0.2, 0.25) is 5.91 Å². The molecule has 0 aliphatic rings. The zero-order chi connectivity index (χ0) is 17.5. The van der Waals surface area contributed by atoms with E-state index in [0.717, 1.165) is 0 Å². The van der Waals surface area contributed by atoms with Crippen LogP contribution in [0.5, 0.6) is 0 Å². The Bertz CT molecular complexity index is 730. The molecule has 0 aromatic heterocycles. The van der Waals surface area contributed by atoms with Gasteiger partial charge in [-0.25, -0.2) is 4.39 Å².